The van der Waals surface area contributed by atoms with Crippen LogP contribution in [-0.4, -0.2) is 25.5 Å². The standard InChI is InChI=1S/C24H20N2O5/c1-29-17-11-13-18(14-12-17)30-15-21(27)26-22-19-9-5-6-10-20(19)31-23(22)24(28)25-16-7-3-2-4-8-16/h2-14H,15H2,1H3,(H,25,28)(H,26,27). The number of furan rings is 1. The molecule has 0 spiro atoms. The molecule has 31 heavy (non-hydrogen) atoms. The minimum atomic E-state index is -0.464. The molecule has 0 saturated heterocycles. The number of anilines is 2. The maximum atomic E-state index is 12.8. The maximum Gasteiger partial charge on any atom is 0.293 e. The van der Waals surface area contributed by atoms with E-state index < -0.39 is 11.8 Å². The summed E-state index contributed by atoms with van der Waals surface area (Å²) in [7, 11) is 1.57. The Kier molecular flexibility index (Phi) is 5.84. The molecule has 1 aromatic heterocycles. The van der Waals surface area contributed by atoms with Gasteiger partial charge < -0.3 is 24.5 Å². The molecule has 7 heteroatoms. The van der Waals surface area contributed by atoms with E-state index in [0.29, 0.717) is 33.8 Å². The molecule has 1 heterocycles. The Morgan fingerprint density at radius 2 is 1.52 bits per heavy atom. The van der Waals surface area contributed by atoms with Gasteiger partial charge >= 0.3 is 0 Å². The van der Waals surface area contributed by atoms with E-state index in [9.17, 15) is 9.59 Å². The first-order valence-electron chi connectivity index (χ1n) is 9.58. The van der Waals surface area contributed by atoms with Crippen molar-refractivity contribution in [3.8, 4) is 11.5 Å². The van der Waals surface area contributed by atoms with Gasteiger partial charge in [-0.1, -0.05) is 30.3 Å². The van der Waals surface area contributed by atoms with Gasteiger partial charge in [0.25, 0.3) is 11.8 Å². The van der Waals surface area contributed by atoms with E-state index in [2.05, 4.69) is 10.6 Å². The van der Waals surface area contributed by atoms with Gasteiger partial charge in [0, 0.05) is 11.1 Å². The van der Waals surface area contributed by atoms with Crippen LogP contribution in [0.4, 0.5) is 11.4 Å². The summed E-state index contributed by atoms with van der Waals surface area (Å²) >= 11 is 0. The lowest BCUT2D eigenvalue weighted by molar-refractivity contribution is -0.118. The largest absolute Gasteiger partial charge is 0.497 e. The molecule has 7 nitrogen and oxygen atoms in total. The third-order valence-corrected chi connectivity index (χ3v) is 4.53. The summed E-state index contributed by atoms with van der Waals surface area (Å²) in [6, 6.07) is 23.0. The molecule has 0 aliphatic heterocycles. The van der Waals surface area contributed by atoms with Crippen molar-refractivity contribution in [1.82, 2.24) is 0 Å². The van der Waals surface area contributed by atoms with Crippen LogP contribution < -0.4 is 20.1 Å². The van der Waals surface area contributed by atoms with E-state index in [1.807, 2.05) is 18.2 Å². The normalized spacial score (nSPS) is 10.5. The number of carbonyl (C=O) groups excluding carboxylic acids is 2. The summed E-state index contributed by atoms with van der Waals surface area (Å²) in [6.45, 7) is -0.231. The van der Waals surface area contributed by atoms with Crippen LogP contribution in [0.5, 0.6) is 11.5 Å². The lowest BCUT2D eigenvalue weighted by Crippen LogP contribution is -2.22. The molecule has 0 aliphatic rings. The molecule has 2 amide bonds. The van der Waals surface area contributed by atoms with E-state index in [1.165, 1.54) is 0 Å². The van der Waals surface area contributed by atoms with Crippen LogP contribution in [0.2, 0.25) is 0 Å². The average molecular weight is 416 g/mol. The van der Waals surface area contributed by atoms with Gasteiger partial charge in [0.1, 0.15) is 22.8 Å². The van der Waals surface area contributed by atoms with Gasteiger partial charge in [-0.15, -0.1) is 0 Å². The summed E-state index contributed by atoms with van der Waals surface area (Å²) in [5, 5.41) is 6.15. The highest BCUT2D eigenvalue weighted by Gasteiger charge is 2.22. The second kappa shape index (κ2) is 9.04. The smallest absolute Gasteiger partial charge is 0.293 e. The SMILES string of the molecule is COc1ccc(OCC(=O)Nc2c(C(=O)Nc3ccccc3)oc3ccccc23)cc1. The number of fused-ring (bicyclic) bond motifs is 1. The molecular formula is C24H20N2O5. The van der Waals surface area contributed by atoms with E-state index in [-0.39, 0.29) is 12.4 Å². The van der Waals surface area contributed by atoms with Crippen molar-refractivity contribution < 1.29 is 23.5 Å². The fraction of sp³-hybridized carbons (Fsp3) is 0.0833. The lowest BCUT2D eigenvalue weighted by atomic mass is 10.2. The zero-order chi connectivity index (χ0) is 21.6. The van der Waals surface area contributed by atoms with Crippen molar-refractivity contribution in [2.24, 2.45) is 0 Å². The fourth-order valence-electron chi connectivity index (χ4n) is 3.04. The summed E-state index contributed by atoms with van der Waals surface area (Å²) in [5.74, 6) is 0.346. The van der Waals surface area contributed by atoms with E-state index in [0.717, 1.165) is 0 Å². The highest BCUT2D eigenvalue weighted by molar-refractivity contribution is 6.14. The van der Waals surface area contributed by atoms with Gasteiger partial charge in [-0.05, 0) is 48.5 Å². The van der Waals surface area contributed by atoms with Crippen molar-refractivity contribution in [2.45, 2.75) is 0 Å². The number of nitrogens with one attached hydrogen (secondary N) is 2. The summed E-state index contributed by atoms with van der Waals surface area (Å²) in [6.07, 6.45) is 0. The van der Waals surface area contributed by atoms with Crippen LogP contribution in [0.25, 0.3) is 11.0 Å². The Hall–Kier alpha value is -4.26. The van der Waals surface area contributed by atoms with Gasteiger partial charge in [0.15, 0.2) is 6.61 Å². The van der Waals surface area contributed by atoms with Crippen molar-refractivity contribution in [3.05, 3.63) is 84.6 Å². The third-order valence-electron chi connectivity index (χ3n) is 4.53. The molecule has 3 aromatic carbocycles. The van der Waals surface area contributed by atoms with E-state index in [1.54, 1.807) is 67.8 Å². The van der Waals surface area contributed by atoms with Crippen LogP contribution in [0.15, 0.2) is 83.3 Å². The minimum Gasteiger partial charge on any atom is -0.497 e. The monoisotopic (exact) mass is 416 g/mol. The van der Waals surface area contributed by atoms with Crippen LogP contribution in [0.3, 0.4) is 0 Å². The number of para-hydroxylation sites is 2. The fourth-order valence-corrected chi connectivity index (χ4v) is 3.04. The second-order valence-electron chi connectivity index (χ2n) is 6.63. The number of amides is 2. The van der Waals surface area contributed by atoms with E-state index in [4.69, 9.17) is 13.9 Å². The molecule has 0 unspecified atom stereocenters. The van der Waals surface area contributed by atoms with E-state index >= 15 is 0 Å². The number of hydrogen-bond donors (Lipinski definition) is 2. The quantitative estimate of drug-likeness (QED) is 0.455. The Balaban J connectivity index is 1.52. The Bertz CT molecular complexity index is 1200. The number of benzene rings is 3. The number of hydrogen-bond acceptors (Lipinski definition) is 5. The summed E-state index contributed by atoms with van der Waals surface area (Å²) < 4.78 is 16.4. The Morgan fingerprint density at radius 3 is 2.26 bits per heavy atom. The third kappa shape index (κ3) is 4.67. The first-order valence-corrected chi connectivity index (χ1v) is 9.58. The predicted molar refractivity (Wildman–Crippen MR) is 118 cm³/mol. The van der Waals surface area contributed by atoms with Gasteiger partial charge in [0.05, 0.1) is 7.11 Å². The molecule has 0 bridgehead atoms. The molecule has 4 rings (SSSR count). The second-order valence-corrected chi connectivity index (χ2v) is 6.63. The zero-order valence-electron chi connectivity index (χ0n) is 16.8. The molecule has 4 aromatic rings. The average Bonchev–Trinajstić information content (AvgIpc) is 3.17. The molecular weight excluding hydrogens is 396 g/mol. The molecule has 156 valence electrons. The van der Waals surface area contributed by atoms with Crippen molar-refractivity contribution in [3.63, 3.8) is 0 Å². The number of carbonyl (C=O) groups is 2. The Labute approximate surface area is 178 Å². The summed E-state index contributed by atoms with van der Waals surface area (Å²) in [4.78, 5) is 25.4. The molecule has 0 fully saturated rings. The van der Waals surface area contributed by atoms with Crippen LogP contribution >= 0.6 is 0 Å². The first kappa shape index (κ1) is 20.0. The predicted octanol–water partition coefficient (Wildman–Crippen LogP) is 4.71. The Morgan fingerprint density at radius 1 is 0.839 bits per heavy atom. The van der Waals surface area contributed by atoms with Gasteiger partial charge in [-0.2, -0.15) is 0 Å². The van der Waals surface area contributed by atoms with Crippen LogP contribution in [0.1, 0.15) is 10.6 Å². The first-order chi connectivity index (χ1) is 15.1. The molecule has 0 radical (unpaired) electrons. The number of rotatable bonds is 7. The lowest BCUT2D eigenvalue weighted by Gasteiger charge is -2.09. The molecule has 0 atom stereocenters. The molecule has 2 N–H and O–H groups in total. The molecule has 0 aliphatic carbocycles. The van der Waals surface area contributed by atoms with Gasteiger partial charge in [-0.25, -0.2) is 0 Å². The summed E-state index contributed by atoms with van der Waals surface area (Å²) in [5.41, 5.74) is 1.41. The highest BCUT2D eigenvalue weighted by Crippen LogP contribution is 2.31. The molecule has 0 saturated carbocycles. The van der Waals surface area contributed by atoms with Gasteiger partial charge in [0.2, 0.25) is 5.76 Å². The highest BCUT2D eigenvalue weighted by atomic mass is 16.5. The van der Waals surface area contributed by atoms with Crippen molar-refractivity contribution in [2.75, 3.05) is 24.4 Å². The van der Waals surface area contributed by atoms with Crippen LogP contribution in [0, 0.1) is 0 Å². The topological polar surface area (TPSA) is 89.8 Å². The zero-order valence-corrected chi connectivity index (χ0v) is 16.8. The van der Waals surface area contributed by atoms with Crippen molar-refractivity contribution in [1.29, 1.82) is 0 Å². The number of ether oxygens (including phenoxy) is 2. The maximum absolute atomic E-state index is 12.8. The van der Waals surface area contributed by atoms with Gasteiger partial charge in [-0.3, -0.25) is 9.59 Å². The number of methoxy groups -OCH3 is 1. The minimum absolute atomic E-state index is 0.0165. The van der Waals surface area contributed by atoms with Crippen LogP contribution in [-0.2, 0) is 4.79 Å². The van der Waals surface area contributed by atoms with Crippen molar-refractivity contribution >= 4 is 34.2 Å².